The molecule has 0 aliphatic carbocycles. The van der Waals surface area contributed by atoms with E-state index in [0.717, 1.165) is 4.88 Å². The van der Waals surface area contributed by atoms with Crippen molar-refractivity contribution < 1.29 is 14.0 Å². The normalized spacial score (nSPS) is 9.95. The van der Waals surface area contributed by atoms with Crippen molar-refractivity contribution >= 4 is 23.2 Å². The molecule has 0 bridgehead atoms. The molecule has 0 aliphatic heterocycles. The van der Waals surface area contributed by atoms with Crippen LogP contribution in [0.1, 0.15) is 15.2 Å². The van der Waals surface area contributed by atoms with Gasteiger partial charge in [0.25, 0.3) is 5.91 Å². The Balaban J connectivity index is 1.87. The monoisotopic (exact) mass is 278 g/mol. The summed E-state index contributed by atoms with van der Waals surface area (Å²) < 4.78 is 13.3. The minimum absolute atomic E-state index is 0.112. The molecule has 0 fully saturated rings. The summed E-state index contributed by atoms with van der Waals surface area (Å²) in [7, 11) is 0. The minimum atomic E-state index is -0.683. The van der Waals surface area contributed by atoms with Crippen molar-refractivity contribution in [3.05, 3.63) is 58.0 Å². The number of halogens is 1. The molecule has 1 heterocycles. The Morgan fingerprint density at radius 2 is 1.89 bits per heavy atom. The number of carbonyl (C=O) groups is 2. The first-order chi connectivity index (χ1) is 9.16. The summed E-state index contributed by atoms with van der Waals surface area (Å²) >= 11 is 1.45. The van der Waals surface area contributed by atoms with Gasteiger partial charge in [0.15, 0.2) is 0 Å². The first-order valence-electron chi connectivity index (χ1n) is 5.53. The second-order valence-electron chi connectivity index (χ2n) is 3.74. The van der Waals surface area contributed by atoms with Crippen molar-refractivity contribution in [2.24, 2.45) is 0 Å². The fourth-order valence-corrected chi connectivity index (χ4v) is 2.16. The van der Waals surface area contributed by atoms with Gasteiger partial charge in [0.2, 0.25) is 5.91 Å². The lowest BCUT2D eigenvalue weighted by Gasteiger charge is -2.07. The summed E-state index contributed by atoms with van der Waals surface area (Å²) in [5.41, 5.74) is 4.31. The van der Waals surface area contributed by atoms with Crippen LogP contribution in [0.25, 0.3) is 0 Å². The van der Waals surface area contributed by atoms with Crippen molar-refractivity contribution in [1.29, 1.82) is 0 Å². The molecule has 2 amide bonds. The van der Waals surface area contributed by atoms with E-state index in [0.29, 0.717) is 0 Å². The topological polar surface area (TPSA) is 58.2 Å². The fourth-order valence-electron chi connectivity index (χ4n) is 1.45. The maximum absolute atomic E-state index is 13.3. The summed E-state index contributed by atoms with van der Waals surface area (Å²) in [6.45, 7) is 0. The third kappa shape index (κ3) is 3.62. The average Bonchev–Trinajstić information content (AvgIpc) is 2.89. The molecule has 0 radical (unpaired) electrons. The molecule has 1 aromatic carbocycles. The van der Waals surface area contributed by atoms with Crippen LogP contribution in [0, 0.1) is 5.82 Å². The molecule has 98 valence electrons. The summed E-state index contributed by atoms with van der Waals surface area (Å²) in [6, 6.07) is 9.22. The molecule has 0 spiro atoms. The van der Waals surface area contributed by atoms with Gasteiger partial charge in [-0.2, -0.15) is 0 Å². The molecule has 2 rings (SSSR count). The number of benzene rings is 1. The molecule has 19 heavy (non-hydrogen) atoms. The molecule has 0 saturated heterocycles. The maximum atomic E-state index is 13.3. The highest BCUT2D eigenvalue weighted by Crippen LogP contribution is 2.08. The van der Waals surface area contributed by atoms with Gasteiger partial charge in [-0.05, 0) is 23.6 Å². The molecular weight excluding hydrogens is 267 g/mol. The molecule has 1 aromatic heterocycles. The second-order valence-corrected chi connectivity index (χ2v) is 4.77. The molecule has 0 saturated carbocycles. The van der Waals surface area contributed by atoms with Gasteiger partial charge < -0.3 is 0 Å². The number of hydrogen-bond acceptors (Lipinski definition) is 3. The third-order valence-electron chi connectivity index (χ3n) is 2.35. The largest absolute Gasteiger partial charge is 0.273 e. The number of hydrazine groups is 1. The van der Waals surface area contributed by atoms with Crippen LogP contribution < -0.4 is 10.9 Å². The average molecular weight is 278 g/mol. The van der Waals surface area contributed by atoms with E-state index in [-0.39, 0.29) is 17.9 Å². The number of carbonyl (C=O) groups excluding carboxylic acids is 2. The highest BCUT2D eigenvalue weighted by molar-refractivity contribution is 7.10. The Morgan fingerprint density at radius 1 is 1.11 bits per heavy atom. The van der Waals surface area contributed by atoms with Crippen LogP contribution >= 0.6 is 11.3 Å². The predicted octanol–water partition coefficient (Wildman–Crippen LogP) is 1.89. The highest BCUT2D eigenvalue weighted by atomic mass is 32.1. The van der Waals surface area contributed by atoms with Crippen molar-refractivity contribution in [3.63, 3.8) is 0 Å². The predicted molar refractivity (Wildman–Crippen MR) is 70.0 cm³/mol. The Kier molecular flexibility index (Phi) is 4.25. The zero-order valence-corrected chi connectivity index (χ0v) is 10.7. The van der Waals surface area contributed by atoms with Gasteiger partial charge in [0.05, 0.1) is 12.0 Å². The summed E-state index contributed by atoms with van der Waals surface area (Å²) in [4.78, 5) is 24.0. The van der Waals surface area contributed by atoms with Gasteiger partial charge in [-0.3, -0.25) is 20.4 Å². The number of hydrogen-bond donors (Lipinski definition) is 2. The first-order valence-corrected chi connectivity index (χ1v) is 6.41. The molecule has 4 nitrogen and oxygen atoms in total. The van der Waals surface area contributed by atoms with Gasteiger partial charge in [0, 0.05) is 4.88 Å². The minimum Gasteiger partial charge on any atom is -0.273 e. The quantitative estimate of drug-likeness (QED) is 0.842. The van der Waals surface area contributed by atoms with Gasteiger partial charge in [0.1, 0.15) is 5.82 Å². The molecule has 2 aromatic rings. The molecule has 0 aliphatic rings. The SMILES string of the molecule is O=C(Cc1cccs1)NNC(=O)c1ccccc1F. The Bertz CT molecular complexity index is 584. The van der Waals surface area contributed by atoms with E-state index in [1.54, 1.807) is 6.07 Å². The molecule has 0 atom stereocenters. The lowest BCUT2D eigenvalue weighted by molar-refractivity contribution is -0.121. The number of thiophene rings is 1. The van der Waals surface area contributed by atoms with Gasteiger partial charge in [-0.1, -0.05) is 18.2 Å². The van der Waals surface area contributed by atoms with E-state index in [1.165, 1.54) is 29.5 Å². The summed E-state index contributed by atoms with van der Waals surface area (Å²) in [6.07, 6.45) is 0.176. The standard InChI is InChI=1S/C13H11FN2O2S/c14-11-6-2-1-5-10(11)13(18)16-15-12(17)8-9-4-3-7-19-9/h1-7H,8H2,(H,15,17)(H,16,18). The van der Waals surface area contributed by atoms with Crippen LogP contribution in [-0.4, -0.2) is 11.8 Å². The van der Waals surface area contributed by atoms with Gasteiger partial charge >= 0.3 is 0 Å². The zero-order valence-electron chi connectivity index (χ0n) is 9.85. The van der Waals surface area contributed by atoms with Crippen LogP contribution in [0.5, 0.6) is 0 Å². The van der Waals surface area contributed by atoms with Crippen LogP contribution in [0.4, 0.5) is 4.39 Å². The highest BCUT2D eigenvalue weighted by Gasteiger charge is 2.11. The van der Waals surface area contributed by atoms with Gasteiger partial charge in [-0.25, -0.2) is 4.39 Å². The van der Waals surface area contributed by atoms with Crippen LogP contribution in [0.2, 0.25) is 0 Å². The van der Waals surface area contributed by atoms with Crippen molar-refractivity contribution in [3.8, 4) is 0 Å². The fraction of sp³-hybridized carbons (Fsp3) is 0.0769. The Hall–Kier alpha value is -2.21. The lowest BCUT2D eigenvalue weighted by Crippen LogP contribution is -2.42. The van der Waals surface area contributed by atoms with E-state index in [1.807, 2.05) is 17.5 Å². The van der Waals surface area contributed by atoms with Gasteiger partial charge in [-0.15, -0.1) is 11.3 Å². The molecule has 2 N–H and O–H groups in total. The van der Waals surface area contributed by atoms with Crippen LogP contribution in [0.15, 0.2) is 41.8 Å². The van der Waals surface area contributed by atoms with Crippen LogP contribution in [-0.2, 0) is 11.2 Å². The second kappa shape index (κ2) is 6.10. The number of amides is 2. The molecular formula is C13H11FN2O2S. The van der Waals surface area contributed by atoms with E-state index in [9.17, 15) is 14.0 Å². The van der Waals surface area contributed by atoms with E-state index >= 15 is 0 Å². The third-order valence-corrected chi connectivity index (χ3v) is 3.23. The molecule has 6 heteroatoms. The van der Waals surface area contributed by atoms with Crippen molar-refractivity contribution in [2.75, 3.05) is 0 Å². The first kappa shape index (κ1) is 13.2. The Labute approximate surface area is 113 Å². The van der Waals surface area contributed by atoms with Crippen molar-refractivity contribution in [2.45, 2.75) is 6.42 Å². The molecule has 0 unspecified atom stereocenters. The van der Waals surface area contributed by atoms with Crippen LogP contribution in [0.3, 0.4) is 0 Å². The lowest BCUT2D eigenvalue weighted by atomic mass is 10.2. The number of rotatable bonds is 3. The van der Waals surface area contributed by atoms with E-state index < -0.39 is 11.7 Å². The summed E-state index contributed by atoms with van der Waals surface area (Å²) in [5, 5.41) is 1.86. The van der Waals surface area contributed by atoms with E-state index in [2.05, 4.69) is 10.9 Å². The maximum Gasteiger partial charge on any atom is 0.272 e. The van der Waals surface area contributed by atoms with E-state index in [4.69, 9.17) is 0 Å². The van der Waals surface area contributed by atoms with Crippen molar-refractivity contribution in [1.82, 2.24) is 10.9 Å². The summed E-state index contributed by atoms with van der Waals surface area (Å²) in [5.74, 6) is -1.67. The zero-order chi connectivity index (χ0) is 13.7. The number of nitrogens with one attached hydrogen (secondary N) is 2. The Morgan fingerprint density at radius 3 is 2.58 bits per heavy atom. The smallest absolute Gasteiger partial charge is 0.272 e.